The Morgan fingerprint density at radius 1 is 1.42 bits per heavy atom. The van der Waals surface area contributed by atoms with Crippen LogP contribution in [0.25, 0.3) is 0 Å². The van der Waals surface area contributed by atoms with E-state index in [0.717, 1.165) is 0 Å². The topological polar surface area (TPSA) is 65.4 Å². The Balaban J connectivity index is 1.62. The van der Waals surface area contributed by atoms with Gasteiger partial charge in [0.2, 0.25) is 5.16 Å². The molecule has 0 aliphatic rings. The van der Waals surface area contributed by atoms with Crippen molar-refractivity contribution in [1.82, 2.24) is 14.9 Å². The lowest BCUT2D eigenvalue weighted by molar-refractivity contribution is 0.269. The van der Waals surface area contributed by atoms with Crippen molar-refractivity contribution in [3.8, 4) is 5.75 Å². The first-order chi connectivity index (χ1) is 11.7. The van der Waals surface area contributed by atoms with Crippen LogP contribution in [0.4, 0.5) is 4.39 Å². The third-order valence-electron chi connectivity index (χ3n) is 2.95. The van der Waals surface area contributed by atoms with Crippen LogP contribution in [0.5, 0.6) is 5.75 Å². The van der Waals surface area contributed by atoms with E-state index >= 15 is 0 Å². The Bertz CT molecular complexity index is 865. The molecule has 0 amide bonds. The van der Waals surface area contributed by atoms with Gasteiger partial charge in [-0.3, -0.25) is 0 Å². The van der Waals surface area contributed by atoms with Gasteiger partial charge in [-0.1, -0.05) is 23.4 Å². The van der Waals surface area contributed by atoms with Gasteiger partial charge in [-0.25, -0.2) is 4.39 Å². The van der Waals surface area contributed by atoms with Crippen LogP contribution in [0.15, 0.2) is 51.3 Å². The summed E-state index contributed by atoms with van der Waals surface area (Å²) in [5.74, 6) is 1.14. The zero-order valence-electron chi connectivity index (χ0n) is 12.5. The maximum absolute atomic E-state index is 13.1. The molecule has 0 N–H and O–H groups in total. The van der Waals surface area contributed by atoms with Gasteiger partial charge >= 0.3 is 0 Å². The van der Waals surface area contributed by atoms with Gasteiger partial charge in [-0.15, -0.1) is 10.2 Å². The Morgan fingerprint density at radius 3 is 3.08 bits per heavy atom. The number of aromatic nitrogens is 3. The van der Waals surface area contributed by atoms with Gasteiger partial charge in [-0.05, 0) is 30.5 Å². The molecule has 24 heavy (non-hydrogen) atoms. The van der Waals surface area contributed by atoms with Crippen LogP contribution in [-0.2, 0) is 6.61 Å². The van der Waals surface area contributed by atoms with E-state index in [9.17, 15) is 4.39 Å². The zero-order valence-corrected chi connectivity index (χ0v) is 14.1. The van der Waals surface area contributed by atoms with E-state index in [2.05, 4.69) is 15.3 Å². The molecule has 3 rings (SSSR count). The average Bonchev–Trinajstić information content (AvgIpc) is 3.22. The molecule has 0 aliphatic carbocycles. The maximum Gasteiger partial charge on any atom is 0.211 e. The molecule has 124 valence electrons. The van der Waals surface area contributed by atoms with Gasteiger partial charge in [0, 0.05) is 6.07 Å². The van der Waals surface area contributed by atoms with Crippen molar-refractivity contribution in [2.75, 3.05) is 6.26 Å². The number of furan rings is 1. The second-order valence-corrected chi connectivity index (χ2v) is 5.76. The van der Waals surface area contributed by atoms with E-state index in [1.807, 2.05) is 6.26 Å². The lowest BCUT2D eigenvalue weighted by Crippen LogP contribution is -1.94. The zero-order chi connectivity index (χ0) is 16.9. The summed E-state index contributed by atoms with van der Waals surface area (Å²) in [7, 11) is 0. The quantitative estimate of drug-likeness (QED) is 0.489. The van der Waals surface area contributed by atoms with Crippen molar-refractivity contribution in [1.29, 1.82) is 0 Å². The number of thioether (sulfide) groups is 1. The number of ether oxygens (including phenoxy) is 1. The van der Waals surface area contributed by atoms with E-state index in [0.29, 0.717) is 22.4 Å². The molecule has 0 saturated heterocycles. The fourth-order valence-corrected chi connectivity index (χ4v) is 2.40. The molecule has 9 heteroatoms. The molecule has 0 radical (unpaired) electrons. The second kappa shape index (κ2) is 7.50. The smallest absolute Gasteiger partial charge is 0.211 e. The lowest BCUT2D eigenvalue weighted by Gasteiger charge is -2.04. The van der Waals surface area contributed by atoms with Crippen molar-refractivity contribution in [3.63, 3.8) is 0 Å². The summed E-state index contributed by atoms with van der Waals surface area (Å²) < 4.78 is 25.7. The van der Waals surface area contributed by atoms with Crippen LogP contribution in [0.2, 0.25) is 5.02 Å². The van der Waals surface area contributed by atoms with Crippen molar-refractivity contribution < 1.29 is 13.5 Å². The number of rotatable bonds is 6. The molecule has 0 saturated carbocycles. The summed E-state index contributed by atoms with van der Waals surface area (Å²) in [5.41, 5.74) is 0. The largest absolute Gasteiger partial charge is 0.486 e. The van der Waals surface area contributed by atoms with E-state index in [1.54, 1.807) is 23.0 Å². The molecule has 2 heterocycles. The van der Waals surface area contributed by atoms with Gasteiger partial charge in [0.15, 0.2) is 0 Å². The fourth-order valence-electron chi connectivity index (χ4n) is 1.81. The van der Waals surface area contributed by atoms with E-state index in [4.69, 9.17) is 20.8 Å². The Hall–Kier alpha value is -2.32. The van der Waals surface area contributed by atoms with Gasteiger partial charge in [0.1, 0.15) is 36.0 Å². The molecule has 0 aliphatic heterocycles. The first kappa shape index (κ1) is 16.5. The summed E-state index contributed by atoms with van der Waals surface area (Å²) in [6.07, 6.45) is 4.95. The van der Waals surface area contributed by atoms with Crippen LogP contribution in [0.1, 0.15) is 11.5 Å². The molecule has 0 unspecified atom stereocenters. The van der Waals surface area contributed by atoms with Crippen LogP contribution >= 0.6 is 23.4 Å². The third kappa shape index (κ3) is 3.95. The van der Waals surface area contributed by atoms with Crippen LogP contribution in [-0.4, -0.2) is 27.3 Å². The van der Waals surface area contributed by atoms with Gasteiger partial charge < -0.3 is 9.15 Å². The predicted octanol–water partition coefficient (Wildman–Crippen LogP) is 3.85. The lowest BCUT2D eigenvalue weighted by atomic mass is 10.3. The Labute approximate surface area is 146 Å². The minimum Gasteiger partial charge on any atom is -0.486 e. The highest BCUT2D eigenvalue weighted by atomic mass is 35.5. The Morgan fingerprint density at radius 2 is 2.29 bits per heavy atom. The molecule has 2 aromatic heterocycles. The average molecular weight is 367 g/mol. The second-order valence-electron chi connectivity index (χ2n) is 4.58. The highest BCUT2D eigenvalue weighted by molar-refractivity contribution is 7.98. The highest BCUT2D eigenvalue weighted by Crippen LogP contribution is 2.22. The summed E-state index contributed by atoms with van der Waals surface area (Å²) in [6, 6.07) is 7.71. The summed E-state index contributed by atoms with van der Waals surface area (Å²) in [6.45, 7) is 0.193. The fraction of sp³-hybridized carbons (Fsp3) is 0.133. The number of halogens is 2. The number of hydrogen-bond acceptors (Lipinski definition) is 6. The van der Waals surface area contributed by atoms with Crippen molar-refractivity contribution in [3.05, 3.63) is 59.0 Å². The molecule has 0 bridgehead atoms. The standard InChI is InChI=1S/C15H12ClFN4O2S/c1-24-15-20-18-9-21(15)19-7-11-2-3-12(23-11)8-22-10-4-5-14(17)13(16)6-10/h2-7,9H,8H2,1H3/b19-7-. The molecular weight excluding hydrogens is 355 g/mol. The van der Waals surface area contributed by atoms with Crippen molar-refractivity contribution >= 4 is 29.6 Å². The Kier molecular flexibility index (Phi) is 5.17. The first-order valence-corrected chi connectivity index (χ1v) is 8.41. The van der Waals surface area contributed by atoms with E-state index < -0.39 is 5.82 Å². The van der Waals surface area contributed by atoms with E-state index in [-0.39, 0.29) is 11.6 Å². The summed E-state index contributed by atoms with van der Waals surface area (Å²) in [4.78, 5) is 0. The predicted molar refractivity (Wildman–Crippen MR) is 89.2 cm³/mol. The minimum atomic E-state index is -0.487. The number of nitrogens with zero attached hydrogens (tertiary/aromatic N) is 4. The van der Waals surface area contributed by atoms with E-state index in [1.165, 1.54) is 36.3 Å². The van der Waals surface area contributed by atoms with Gasteiger partial charge in [0.25, 0.3) is 0 Å². The summed E-state index contributed by atoms with van der Waals surface area (Å²) in [5, 5.41) is 12.6. The van der Waals surface area contributed by atoms with Gasteiger partial charge in [-0.2, -0.15) is 9.78 Å². The summed E-state index contributed by atoms with van der Waals surface area (Å²) >= 11 is 7.14. The SMILES string of the molecule is CSc1nncn1/N=C\c1ccc(COc2ccc(F)c(Cl)c2)o1. The minimum absolute atomic E-state index is 0.0123. The monoisotopic (exact) mass is 366 g/mol. The molecule has 0 fully saturated rings. The van der Waals surface area contributed by atoms with Crippen LogP contribution in [0.3, 0.4) is 0 Å². The molecule has 1 aromatic carbocycles. The molecule has 0 atom stereocenters. The van der Waals surface area contributed by atoms with Crippen LogP contribution < -0.4 is 4.74 Å². The first-order valence-electron chi connectivity index (χ1n) is 6.80. The molecule has 3 aromatic rings. The molecule has 0 spiro atoms. The van der Waals surface area contributed by atoms with Crippen molar-refractivity contribution in [2.24, 2.45) is 5.10 Å². The normalized spacial score (nSPS) is 11.3. The number of hydrogen-bond donors (Lipinski definition) is 0. The third-order valence-corrected chi connectivity index (χ3v) is 3.87. The van der Waals surface area contributed by atoms with Gasteiger partial charge in [0.05, 0.1) is 11.2 Å². The van der Waals surface area contributed by atoms with Crippen LogP contribution in [0, 0.1) is 5.82 Å². The van der Waals surface area contributed by atoms with Crippen molar-refractivity contribution in [2.45, 2.75) is 11.8 Å². The maximum atomic E-state index is 13.1. The molecular formula is C15H12ClFN4O2S. The highest BCUT2D eigenvalue weighted by Gasteiger charge is 2.05. The molecule has 6 nitrogen and oxygen atoms in total. The number of benzene rings is 1.